The van der Waals surface area contributed by atoms with Crippen LogP contribution in [-0.2, 0) is 0 Å². The first-order valence-corrected chi connectivity index (χ1v) is 4.87. The van der Waals surface area contributed by atoms with Crippen molar-refractivity contribution in [2.75, 3.05) is 7.11 Å². The predicted octanol–water partition coefficient (Wildman–Crippen LogP) is 1.74. The van der Waals surface area contributed by atoms with Gasteiger partial charge in [-0.3, -0.25) is 0 Å². The van der Waals surface area contributed by atoms with Gasteiger partial charge in [-0.15, -0.1) is 0 Å². The average molecular weight is 303 g/mol. The van der Waals surface area contributed by atoms with E-state index in [-0.39, 0.29) is 0 Å². The molecule has 0 aliphatic carbocycles. The molecule has 14 heavy (non-hydrogen) atoms. The van der Waals surface area contributed by atoms with Crippen LogP contribution in [0.25, 0.3) is 11.5 Å². The molecule has 0 spiro atoms. The Balaban J connectivity index is 2.50. The van der Waals surface area contributed by atoms with E-state index >= 15 is 0 Å². The van der Waals surface area contributed by atoms with Gasteiger partial charge in [0, 0.05) is 28.8 Å². The molecule has 0 amide bonds. The minimum atomic E-state index is 0.416. The summed E-state index contributed by atoms with van der Waals surface area (Å²) in [4.78, 5) is 8.11. The van der Waals surface area contributed by atoms with Crippen LogP contribution in [0.2, 0.25) is 0 Å². The summed E-state index contributed by atoms with van der Waals surface area (Å²) in [5, 5.41) is 3.69. The molecule has 0 aliphatic rings. The van der Waals surface area contributed by atoms with E-state index in [9.17, 15) is 0 Å². The first-order chi connectivity index (χ1) is 6.81. The lowest BCUT2D eigenvalue weighted by atomic mass is 10.3. The van der Waals surface area contributed by atoms with Gasteiger partial charge in [-0.2, -0.15) is 4.98 Å². The van der Waals surface area contributed by atoms with Crippen molar-refractivity contribution in [2.24, 2.45) is 0 Å². The number of rotatable bonds is 2. The van der Waals surface area contributed by atoms with Crippen LogP contribution in [0.4, 0.5) is 0 Å². The number of nitrogens with zero attached hydrogens (tertiary/aromatic N) is 3. The molecule has 0 radical (unpaired) electrons. The van der Waals surface area contributed by atoms with Crippen LogP contribution in [0.3, 0.4) is 0 Å². The molecular weight excluding hydrogens is 297 g/mol. The fraction of sp³-hybridized carbons (Fsp3) is 0.125. The summed E-state index contributed by atoms with van der Waals surface area (Å²) in [5.74, 6) is 0.895. The monoisotopic (exact) mass is 303 g/mol. The van der Waals surface area contributed by atoms with Crippen LogP contribution in [0.15, 0.2) is 22.9 Å². The molecule has 0 aromatic carbocycles. The molecule has 2 rings (SSSR count). The fourth-order valence-electron chi connectivity index (χ4n) is 1.03. The van der Waals surface area contributed by atoms with Crippen molar-refractivity contribution in [3.05, 3.63) is 22.2 Å². The van der Waals surface area contributed by atoms with Gasteiger partial charge in [-0.1, -0.05) is 5.16 Å². The molecule has 6 heteroatoms. The van der Waals surface area contributed by atoms with Gasteiger partial charge in [-0.25, -0.2) is 4.98 Å². The van der Waals surface area contributed by atoms with E-state index in [0.717, 1.165) is 0 Å². The second-order valence-corrected chi connectivity index (χ2v) is 3.39. The Morgan fingerprint density at radius 2 is 2.36 bits per heavy atom. The van der Waals surface area contributed by atoms with Crippen LogP contribution < -0.4 is 4.74 Å². The third-order valence-electron chi connectivity index (χ3n) is 1.60. The molecule has 2 aromatic rings. The maximum atomic E-state index is 5.07. The zero-order valence-electron chi connectivity index (χ0n) is 7.27. The van der Waals surface area contributed by atoms with Gasteiger partial charge in [0.2, 0.25) is 9.71 Å². The number of pyridine rings is 1. The van der Waals surface area contributed by atoms with Crippen molar-refractivity contribution in [1.82, 2.24) is 15.1 Å². The molecule has 0 N–H and O–H groups in total. The van der Waals surface area contributed by atoms with E-state index < -0.39 is 0 Å². The zero-order chi connectivity index (χ0) is 9.97. The lowest BCUT2D eigenvalue weighted by molar-refractivity contribution is 0.391. The number of ether oxygens (including phenoxy) is 1. The maximum Gasteiger partial charge on any atom is 0.264 e. The molecule has 72 valence electrons. The third-order valence-corrected chi connectivity index (χ3v) is 2.03. The molecule has 0 bridgehead atoms. The minimum Gasteiger partial charge on any atom is -0.480 e. The van der Waals surface area contributed by atoms with Gasteiger partial charge in [0.25, 0.3) is 5.89 Å². The van der Waals surface area contributed by atoms with E-state index in [1.54, 1.807) is 19.4 Å². The topological polar surface area (TPSA) is 61.0 Å². The quantitative estimate of drug-likeness (QED) is 0.791. The largest absolute Gasteiger partial charge is 0.480 e. The van der Waals surface area contributed by atoms with Gasteiger partial charge < -0.3 is 9.26 Å². The zero-order valence-corrected chi connectivity index (χ0v) is 9.43. The molecule has 0 aliphatic heterocycles. The third kappa shape index (κ3) is 1.69. The van der Waals surface area contributed by atoms with E-state index in [1.165, 1.54) is 0 Å². The summed E-state index contributed by atoms with van der Waals surface area (Å²) < 4.78 is 10.6. The van der Waals surface area contributed by atoms with Gasteiger partial charge in [0.1, 0.15) is 5.56 Å². The molecule has 5 nitrogen and oxygen atoms in total. The van der Waals surface area contributed by atoms with Gasteiger partial charge in [-0.05, 0) is 12.1 Å². The Kier molecular flexibility index (Phi) is 2.62. The smallest absolute Gasteiger partial charge is 0.264 e. The second-order valence-electron chi connectivity index (χ2n) is 2.43. The van der Waals surface area contributed by atoms with Crippen molar-refractivity contribution >= 4 is 22.6 Å². The molecule has 0 atom stereocenters. The van der Waals surface area contributed by atoms with Crippen LogP contribution in [0.5, 0.6) is 5.88 Å². The highest BCUT2D eigenvalue weighted by Crippen LogP contribution is 2.25. The Labute approximate surface area is 93.6 Å². The van der Waals surface area contributed by atoms with Crippen LogP contribution >= 0.6 is 22.6 Å². The number of aromatic nitrogens is 3. The number of halogens is 1. The van der Waals surface area contributed by atoms with Crippen LogP contribution in [-0.4, -0.2) is 22.2 Å². The molecule has 0 saturated carbocycles. The summed E-state index contributed by atoms with van der Waals surface area (Å²) in [6.45, 7) is 0. The molecule has 2 aromatic heterocycles. The molecular formula is C8H6IN3O2. The Morgan fingerprint density at radius 1 is 1.50 bits per heavy atom. The molecule has 2 heterocycles. The van der Waals surface area contributed by atoms with Crippen LogP contribution in [0, 0.1) is 3.83 Å². The Bertz CT molecular complexity index is 444. The SMILES string of the molecule is COc1ncccc1-c1nc(I)no1. The highest BCUT2D eigenvalue weighted by Gasteiger charge is 2.12. The first-order valence-electron chi connectivity index (χ1n) is 3.80. The first kappa shape index (κ1) is 9.38. The van der Waals surface area contributed by atoms with E-state index in [0.29, 0.717) is 21.2 Å². The van der Waals surface area contributed by atoms with Crippen molar-refractivity contribution in [3.63, 3.8) is 0 Å². The standard InChI is InChI=1S/C8H6IN3O2/c1-13-6-5(3-2-4-10-6)7-11-8(9)12-14-7/h2-4H,1H3. The summed E-state index contributed by atoms with van der Waals surface area (Å²) in [6.07, 6.45) is 1.64. The molecule has 0 fully saturated rings. The van der Waals surface area contributed by atoms with Crippen molar-refractivity contribution < 1.29 is 9.26 Å². The number of hydrogen-bond donors (Lipinski definition) is 0. The predicted molar refractivity (Wildman–Crippen MR) is 56.8 cm³/mol. The number of methoxy groups -OCH3 is 1. The second kappa shape index (κ2) is 3.91. The van der Waals surface area contributed by atoms with Gasteiger partial charge in [0.15, 0.2) is 0 Å². The molecule has 0 saturated heterocycles. The van der Waals surface area contributed by atoms with E-state index in [1.807, 2.05) is 28.7 Å². The normalized spacial score (nSPS) is 10.1. The highest BCUT2D eigenvalue weighted by molar-refractivity contribution is 14.1. The van der Waals surface area contributed by atoms with E-state index in [4.69, 9.17) is 9.26 Å². The maximum absolute atomic E-state index is 5.07. The van der Waals surface area contributed by atoms with Crippen molar-refractivity contribution in [1.29, 1.82) is 0 Å². The fourth-order valence-corrected chi connectivity index (χ4v) is 1.35. The highest BCUT2D eigenvalue weighted by atomic mass is 127. The Morgan fingerprint density at radius 3 is 3.00 bits per heavy atom. The summed E-state index contributed by atoms with van der Waals surface area (Å²) in [5.41, 5.74) is 0.699. The Hall–Kier alpha value is -1.18. The number of hydrogen-bond acceptors (Lipinski definition) is 5. The summed E-state index contributed by atoms with van der Waals surface area (Å²) >= 11 is 1.97. The average Bonchev–Trinajstić information content (AvgIpc) is 2.65. The van der Waals surface area contributed by atoms with E-state index in [2.05, 4.69) is 15.1 Å². The summed E-state index contributed by atoms with van der Waals surface area (Å²) in [6, 6.07) is 3.60. The summed E-state index contributed by atoms with van der Waals surface area (Å²) in [7, 11) is 1.55. The minimum absolute atomic E-state index is 0.416. The lowest BCUT2D eigenvalue weighted by Crippen LogP contribution is -1.90. The molecule has 0 unspecified atom stereocenters. The van der Waals surface area contributed by atoms with Crippen molar-refractivity contribution in [3.8, 4) is 17.3 Å². The van der Waals surface area contributed by atoms with Crippen LogP contribution in [0.1, 0.15) is 0 Å². The van der Waals surface area contributed by atoms with Crippen molar-refractivity contribution in [2.45, 2.75) is 0 Å². The van der Waals surface area contributed by atoms with Gasteiger partial charge in [0.05, 0.1) is 7.11 Å². The van der Waals surface area contributed by atoms with Gasteiger partial charge >= 0.3 is 0 Å². The lowest BCUT2D eigenvalue weighted by Gasteiger charge is -2.01.